The predicted molar refractivity (Wildman–Crippen MR) is 57.6 cm³/mol. The van der Waals surface area contributed by atoms with Gasteiger partial charge in [-0.3, -0.25) is 0 Å². The normalized spacial score (nSPS) is 9.93. The molecule has 15 heavy (non-hydrogen) atoms. The molecule has 0 aliphatic heterocycles. The predicted octanol–water partition coefficient (Wildman–Crippen LogP) is 1.72. The third-order valence-electron chi connectivity index (χ3n) is 1.90. The first-order chi connectivity index (χ1) is 7.38. The fourth-order valence-electron chi connectivity index (χ4n) is 1.17. The van der Waals surface area contributed by atoms with Crippen LogP contribution in [0.3, 0.4) is 0 Å². The summed E-state index contributed by atoms with van der Waals surface area (Å²) in [6, 6.07) is 5.58. The lowest BCUT2D eigenvalue weighted by Gasteiger charge is -2.04. The molecule has 0 fully saturated rings. The molecule has 0 aliphatic carbocycles. The van der Waals surface area contributed by atoms with E-state index in [1.54, 1.807) is 19.5 Å². The number of rotatable bonds is 4. The first kappa shape index (κ1) is 9.51. The van der Waals surface area contributed by atoms with Gasteiger partial charge in [-0.1, -0.05) is 0 Å². The number of anilines is 2. The number of nitrogens with zero attached hydrogens (tertiary/aromatic N) is 2. The molecule has 0 bridgehead atoms. The molecule has 0 aliphatic rings. The lowest BCUT2D eigenvalue weighted by molar-refractivity contribution is 0.518. The van der Waals surface area contributed by atoms with Gasteiger partial charge in [-0.15, -0.1) is 0 Å². The van der Waals surface area contributed by atoms with Gasteiger partial charge in [-0.2, -0.15) is 4.98 Å². The number of hydrogen-bond donors (Lipinski definition) is 2. The van der Waals surface area contributed by atoms with Crippen LogP contribution in [0.25, 0.3) is 0 Å². The van der Waals surface area contributed by atoms with Crippen LogP contribution >= 0.6 is 0 Å². The molecule has 2 rings (SSSR count). The Bertz CT molecular complexity index is 413. The van der Waals surface area contributed by atoms with Crippen molar-refractivity contribution in [2.24, 2.45) is 0 Å². The average molecular weight is 204 g/mol. The van der Waals surface area contributed by atoms with Crippen LogP contribution < -0.4 is 10.6 Å². The summed E-state index contributed by atoms with van der Waals surface area (Å²) in [6.45, 7) is 0.618. The Labute approximate surface area is 87.6 Å². The molecule has 0 atom stereocenters. The van der Waals surface area contributed by atoms with Crippen molar-refractivity contribution in [3.63, 3.8) is 0 Å². The molecule has 2 heterocycles. The third kappa shape index (κ3) is 2.46. The summed E-state index contributed by atoms with van der Waals surface area (Å²) < 4.78 is 5.19. The first-order valence-corrected chi connectivity index (χ1v) is 4.65. The fraction of sp³-hybridized carbons (Fsp3) is 0.200. The zero-order chi connectivity index (χ0) is 10.5. The van der Waals surface area contributed by atoms with Crippen LogP contribution in [-0.4, -0.2) is 17.0 Å². The molecule has 0 saturated heterocycles. The van der Waals surface area contributed by atoms with Crippen LogP contribution in [0.5, 0.6) is 0 Å². The molecule has 5 nitrogen and oxygen atoms in total. The summed E-state index contributed by atoms with van der Waals surface area (Å²) in [7, 11) is 1.78. The molecule has 2 aromatic rings. The van der Waals surface area contributed by atoms with E-state index in [1.165, 1.54) is 0 Å². The highest BCUT2D eigenvalue weighted by Gasteiger charge is 1.98. The quantitative estimate of drug-likeness (QED) is 0.794. The summed E-state index contributed by atoms with van der Waals surface area (Å²) >= 11 is 0. The summed E-state index contributed by atoms with van der Waals surface area (Å²) in [5, 5.41) is 6.01. The van der Waals surface area contributed by atoms with Crippen molar-refractivity contribution in [2.75, 3.05) is 17.7 Å². The van der Waals surface area contributed by atoms with Crippen LogP contribution in [0.15, 0.2) is 35.1 Å². The Hall–Kier alpha value is -2.04. The molecule has 0 unspecified atom stereocenters. The molecule has 0 radical (unpaired) electrons. The Morgan fingerprint density at radius 1 is 1.40 bits per heavy atom. The molecule has 5 heteroatoms. The maximum Gasteiger partial charge on any atom is 0.224 e. The molecule has 78 valence electrons. The Balaban J connectivity index is 1.98. The summed E-state index contributed by atoms with van der Waals surface area (Å²) in [5.74, 6) is 2.24. The second kappa shape index (κ2) is 4.45. The van der Waals surface area contributed by atoms with Gasteiger partial charge in [-0.25, -0.2) is 4.98 Å². The maximum atomic E-state index is 5.19. The molecular weight excluding hydrogens is 192 g/mol. The summed E-state index contributed by atoms with van der Waals surface area (Å²) in [4.78, 5) is 8.23. The molecule has 2 aromatic heterocycles. The van der Waals surface area contributed by atoms with Crippen LogP contribution in [0.4, 0.5) is 11.8 Å². The molecule has 0 saturated carbocycles. The molecule has 0 amide bonds. The van der Waals surface area contributed by atoms with Gasteiger partial charge in [0.25, 0.3) is 0 Å². The Kier molecular flexibility index (Phi) is 2.82. The fourth-order valence-corrected chi connectivity index (χ4v) is 1.17. The van der Waals surface area contributed by atoms with Gasteiger partial charge in [0.1, 0.15) is 11.6 Å². The van der Waals surface area contributed by atoms with Crippen molar-refractivity contribution < 1.29 is 4.42 Å². The zero-order valence-corrected chi connectivity index (χ0v) is 8.40. The molecule has 0 aromatic carbocycles. The van der Waals surface area contributed by atoms with Gasteiger partial charge in [0, 0.05) is 13.2 Å². The molecule has 2 N–H and O–H groups in total. The number of aromatic nitrogens is 2. The second-order valence-corrected chi connectivity index (χ2v) is 2.95. The van der Waals surface area contributed by atoms with E-state index >= 15 is 0 Å². The summed E-state index contributed by atoms with van der Waals surface area (Å²) in [5.41, 5.74) is 0. The lowest BCUT2D eigenvalue weighted by atomic mass is 10.4. The van der Waals surface area contributed by atoms with Crippen LogP contribution in [-0.2, 0) is 6.54 Å². The highest BCUT2D eigenvalue weighted by atomic mass is 16.3. The van der Waals surface area contributed by atoms with E-state index < -0.39 is 0 Å². The highest BCUT2D eigenvalue weighted by Crippen LogP contribution is 2.07. The summed E-state index contributed by atoms with van der Waals surface area (Å²) in [6.07, 6.45) is 3.35. The minimum Gasteiger partial charge on any atom is -0.467 e. The first-order valence-electron chi connectivity index (χ1n) is 4.65. The van der Waals surface area contributed by atoms with E-state index in [-0.39, 0.29) is 0 Å². The van der Waals surface area contributed by atoms with Crippen LogP contribution in [0.1, 0.15) is 5.76 Å². The van der Waals surface area contributed by atoms with E-state index in [0.29, 0.717) is 12.5 Å². The van der Waals surface area contributed by atoms with Crippen molar-refractivity contribution in [3.05, 3.63) is 36.4 Å². The number of furan rings is 1. The minimum atomic E-state index is 0.597. The van der Waals surface area contributed by atoms with E-state index in [1.807, 2.05) is 18.2 Å². The van der Waals surface area contributed by atoms with Gasteiger partial charge in [-0.05, 0) is 18.2 Å². The second-order valence-electron chi connectivity index (χ2n) is 2.95. The van der Waals surface area contributed by atoms with E-state index in [9.17, 15) is 0 Å². The SMILES string of the molecule is CNc1nccc(NCc2ccco2)n1. The van der Waals surface area contributed by atoms with Gasteiger partial charge in [0.05, 0.1) is 12.8 Å². The number of hydrogen-bond acceptors (Lipinski definition) is 5. The highest BCUT2D eigenvalue weighted by molar-refractivity contribution is 5.39. The number of nitrogens with one attached hydrogen (secondary N) is 2. The lowest BCUT2D eigenvalue weighted by Crippen LogP contribution is -2.03. The van der Waals surface area contributed by atoms with Gasteiger partial charge in [0.2, 0.25) is 5.95 Å². The van der Waals surface area contributed by atoms with Crippen molar-refractivity contribution in [2.45, 2.75) is 6.54 Å². The van der Waals surface area contributed by atoms with Crippen molar-refractivity contribution in [1.82, 2.24) is 9.97 Å². The van der Waals surface area contributed by atoms with E-state index in [2.05, 4.69) is 20.6 Å². The van der Waals surface area contributed by atoms with Gasteiger partial charge < -0.3 is 15.1 Å². The van der Waals surface area contributed by atoms with E-state index in [0.717, 1.165) is 11.6 Å². The van der Waals surface area contributed by atoms with E-state index in [4.69, 9.17) is 4.42 Å². The monoisotopic (exact) mass is 204 g/mol. The van der Waals surface area contributed by atoms with Gasteiger partial charge >= 0.3 is 0 Å². The minimum absolute atomic E-state index is 0.597. The third-order valence-corrected chi connectivity index (χ3v) is 1.90. The average Bonchev–Trinajstić information content (AvgIpc) is 2.79. The van der Waals surface area contributed by atoms with Crippen molar-refractivity contribution >= 4 is 11.8 Å². The van der Waals surface area contributed by atoms with Crippen LogP contribution in [0.2, 0.25) is 0 Å². The topological polar surface area (TPSA) is 63.0 Å². The molecule has 0 spiro atoms. The smallest absolute Gasteiger partial charge is 0.224 e. The standard InChI is InChI=1S/C10H12N4O/c1-11-10-12-5-4-9(14-10)13-7-8-3-2-6-15-8/h2-6H,7H2,1H3,(H2,11,12,13,14). The largest absolute Gasteiger partial charge is 0.467 e. The Morgan fingerprint density at radius 3 is 3.07 bits per heavy atom. The zero-order valence-electron chi connectivity index (χ0n) is 8.40. The van der Waals surface area contributed by atoms with Crippen LogP contribution in [0, 0.1) is 0 Å². The van der Waals surface area contributed by atoms with Gasteiger partial charge in [0.15, 0.2) is 0 Å². The van der Waals surface area contributed by atoms with Crippen molar-refractivity contribution in [1.29, 1.82) is 0 Å². The van der Waals surface area contributed by atoms with Crippen molar-refractivity contribution in [3.8, 4) is 0 Å². The molecular formula is C10H12N4O. The maximum absolute atomic E-state index is 5.19. The Morgan fingerprint density at radius 2 is 2.33 bits per heavy atom.